The Morgan fingerprint density at radius 1 is 1.00 bits per heavy atom. The lowest BCUT2D eigenvalue weighted by atomic mass is 9.88. The van der Waals surface area contributed by atoms with Crippen molar-refractivity contribution >= 4 is 21.6 Å². The fourth-order valence-corrected chi connectivity index (χ4v) is 5.29. The minimum Gasteiger partial charge on any atom is -0.484 e. The van der Waals surface area contributed by atoms with E-state index in [0.29, 0.717) is 11.4 Å². The summed E-state index contributed by atoms with van der Waals surface area (Å²) in [5.41, 5.74) is 4.93. The van der Waals surface area contributed by atoms with Gasteiger partial charge in [0, 0.05) is 5.69 Å². The van der Waals surface area contributed by atoms with E-state index in [9.17, 15) is 13.2 Å². The quantitative estimate of drug-likeness (QED) is 0.532. The fraction of sp³-hybridized carbons (Fsp3) is 0.269. The number of benzene rings is 3. The number of rotatable bonds is 7. The molecule has 172 valence electrons. The van der Waals surface area contributed by atoms with Crippen molar-refractivity contribution in [2.45, 2.75) is 44.0 Å². The summed E-state index contributed by atoms with van der Waals surface area (Å²) in [5.74, 6) is 0.226. The summed E-state index contributed by atoms with van der Waals surface area (Å²) in [6.45, 7) is 3.70. The van der Waals surface area contributed by atoms with Gasteiger partial charge < -0.3 is 10.1 Å². The van der Waals surface area contributed by atoms with Crippen molar-refractivity contribution in [1.82, 2.24) is 5.32 Å². The largest absolute Gasteiger partial charge is 0.484 e. The molecule has 1 atom stereocenters. The Balaban J connectivity index is 1.34. The molecule has 4 rings (SSSR count). The molecule has 2 N–H and O–H groups in total. The molecule has 0 saturated carbocycles. The Morgan fingerprint density at radius 3 is 2.42 bits per heavy atom. The van der Waals surface area contributed by atoms with Crippen LogP contribution in [0.2, 0.25) is 0 Å². The van der Waals surface area contributed by atoms with Crippen molar-refractivity contribution in [3.8, 4) is 5.75 Å². The highest BCUT2D eigenvalue weighted by Gasteiger charge is 2.21. The van der Waals surface area contributed by atoms with Crippen molar-refractivity contribution in [2.75, 3.05) is 11.3 Å². The summed E-state index contributed by atoms with van der Waals surface area (Å²) in [6, 6.07) is 19.8. The number of nitrogens with one attached hydrogen (secondary N) is 2. The molecule has 33 heavy (non-hydrogen) atoms. The molecule has 0 radical (unpaired) electrons. The van der Waals surface area contributed by atoms with E-state index in [-0.39, 0.29) is 23.5 Å². The minimum atomic E-state index is -3.73. The molecule has 3 aromatic carbocycles. The van der Waals surface area contributed by atoms with E-state index in [1.807, 2.05) is 32.0 Å². The van der Waals surface area contributed by atoms with Gasteiger partial charge in [-0.2, -0.15) is 0 Å². The average Bonchev–Trinajstić information content (AvgIpc) is 2.77. The first-order valence-electron chi connectivity index (χ1n) is 11.0. The van der Waals surface area contributed by atoms with Gasteiger partial charge >= 0.3 is 0 Å². The molecule has 1 unspecified atom stereocenters. The van der Waals surface area contributed by atoms with Gasteiger partial charge in [-0.3, -0.25) is 9.52 Å². The van der Waals surface area contributed by atoms with Crippen molar-refractivity contribution in [3.05, 3.63) is 89.0 Å². The SMILES string of the molecule is Cc1cc(C)cc(NS(=O)(=O)c2ccc(OCC(=O)NC3CCCc4ccccc43)cc2)c1. The maximum Gasteiger partial charge on any atom is 0.261 e. The Labute approximate surface area is 195 Å². The van der Waals surface area contributed by atoms with Gasteiger partial charge in [-0.15, -0.1) is 0 Å². The third-order valence-corrected chi connectivity index (χ3v) is 7.08. The molecular formula is C26H28N2O4S. The van der Waals surface area contributed by atoms with Crippen LogP contribution in [-0.2, 0) is 21.2 Å². The topological polar surface area (TPSA) is 84.5 Å². The Hall–Kier alpha value is -3.32. The number of carbonyl (C=O) groups excluding carboxylic acids is 1. The number of sulfonamides is 1. The van der Waals surface area contributed by atoms with Crippen molar-refractivity contribution in [1.29, 1.82) is 0 Å². The highest BCUT2D eigenvalue weighted by Crippen LogP contribution is 2.29. The summed E-state index contributed by atoms with van der Waals surface area (Å²) < 4.78 is 33.6. The number of aryl methyl sites for hydroxylation is 3. The molecule has 0 aromatic heterocycles. The zero-order chi connectivity index (χ0) is 23.4. The predicted octanol–water partition coefficient (Wildman–Crippen LogP) is 4.68. The predicted molar refractivity (Wildman–Crippen MR) is 129 cm³/mol. The molecule has 6 nitrogen and oxygen atoms in total. The normalized spacial score (nSPS) is 15.4. The van der Waals surface area contributed by atoms with Crippen LogP contribution >= 0.6 is 0 Å². The minimum absolute atomic E-state index is 0.00472. The molecule has 0 aliphatic heterocycles. The summed E-state index contributed by atoms with van der Waals surface area (Å²) in [5, 5.41) is 3.05. The van der Waals surface area contributed by atoms with E-state index in [0.717, 1.165) is 30.4 Å². The zero-order valence-electron chi connectivity index (χ0n) is 18.8. The van der Waals surface area contributed by atoms with Crippen LogP contribution in [0.25, 0.3) is 0 Å². The number of hydrogen-bond donors (Lipinski definition) is 2. The van der Waals surface area contributed by atoms with Crippen LogP contribution in [0.15, 0.2) is 71.6 Å². The van der Waals surface area contributed by atoms with Gasteiger partial charge in [0.2, 0.25) is 0 Å². The molecule has 1 aliphatic carbocycles. The van der Waals surface area contributed by atoms with Crippen LogP contribution in [0.1, 0.15) is 41.1 Å². The third kappa shape index (κ3) is 5.73. The van der Waals surface area contributed by atoms with Gasteiger partial charge in [0.1, 0.15) is 5.75 Å². The second-order valence-corrected chi connectivity index (χ2v) is 10.1. The highest BCUT2D eigenvalue weighted by atomic mass is 32.2. The van der Waals surface area contributed by atoms with Gasteiger partial charge in [0.15, 0.2) is 6.61 Å². The monoisotopic (exact) mass is 464 g/mol. The second-order valence-electron chi connectivity index (χ2n) is 8.45. The standard InChI is InChI=1S/C26H28N2O4S/c1-18-14-19(2)16-21(15-18)28-33(30,31)23-12-10-22(11-13-23)32-17-26(29)27-25-9-5-7-20-6-3-4-8-24(20)25/h3-4,6,8,10-16,25,28H,5,7,9,17H2,1-2H3,(H,27,29). The summed E-state index contributed by atoms with van der Waals surface area (Å²) in [4.78, 5) is 12.6. The number of anilines is 1. The second kappa shape index (κ2) is 9.67. The molecule has 1 aliphatic rings. The van der Waals surface area contributed by atoms with Crippen LogP contribution < -0.4 is 14.8 Å². The smallest absolute Gasteiger partial charge is 0.261 e. The summed E-state index contributed by atoms with van der Waals surface area (Å²) in [7, 11) is -3.73. The zero-order valence-corrected chi connectivity index (χ0v) is 19.6. The molecule has 0 saturated heterocycles. The van der Waals surface area contributed by atoms with Crippen LogP contribution in [0.5, 0.6) is 5.75 Å². The number of carbonyl (C=O) groups is 1. The highest BCUT2D eigenvalue weighted by molar-refractivity contribution is 7.92. The maximum atomic E-state index is 12.7. The van der Waals surface area contributed by atoms with Gasteiger partial charge in [-0.1, -0.05) is 30.3 Å². The molecule has 3 aromatic rings. The molecule has 0 heterocycles. The van der Waals surface area contributed by atoms with Crippen LogP contribution in [0.3, 0.4) is 0 Å². The first-order chi connectivity index (χ1) is 15.8. The van der Waals surface area contributed by atoms with Crippen molar-refractivity contribution in [2.24, 2.45) is 0 Å². The lowest BCUT2D eigenvalue weighted by molar-refractivity contribution is -0.124. The van der Waals surface area contributed by atoms with E-state index in [2.05, 4.69) is 22.2 Å². The summed E-state index contributed by atoms with van der Waals surface area (Å²) >= 11 is 0. The maximum absolute atomic E-state index is 12.7. The summed E-state index contributed by atoms with van der Waals surface area (Å²) in [6.07, 6.45) is 2.98. The fourth-order valence-electron chi connectivity index (χ4n) is 4.25. The third-order valence-electron chi connectivity index (χ3n) is 5.68. The molecule has 1 amide bonds. The molecule has 0 bridgehead atoms. The molecular weight excluding hydrogens is 436 g/mol. The van der Waals surface area contributed by atoms with E-state index in [4.69, 9.17) is 4.74 Å². The van der Waals surface area contributed by atoms with E-state index in [1.54, 1.807) is 24.3 Å². The van der Waals surface area contributed by atoms with Gasteiger partial charge in [-0.05, 0) is 91.8 Å². The van der Waals surface area contributed by atoms with E-state index in [1.165, 1.54) is 23.3 Å². The van der Waals surface area contributed by atoms with Crippen molar-refractivity contribution in [3.63, 3.8) is 0 Å². The number of fused-ring (bicyclic) bond motifs is 1. The number of ether oxygens (including phenoxy) is 1. The Bertz CT molecular complexity index is 1230. The number of amides is 1. The lowest BCUT2D eigenvalue weighted by Gasteiger charge is -2.26. The van der Waals surface area contributed by atoms with Crippen molar-refractivity contribution < 1.29 is 17.9 Å². The molecule has 0 spiro atoms. The lowest BCUT2D eigenvalue weighted by Crippen LogP contribution is -2.34. The van der Waals surface area contributed by atoms with Gasteiger partial charge in [0.25, 0.3) is 15.9 Å². The van der Waals surface area contributed by atoms with Crippen LogP contribution in [-0.4, -0.2) is 20.9 Å². The molecule has 0 fully saturated rings. The Kier molecular flexibility index (Phi) is 6.70. The Morgan fingerprint density at radius 2 is 1.70 bits per heavy atom. The average molecular weight is 465 g/mol. The van der Waals surface area contributed by atoms with Crippen LogP contribution in [0, 0.1) is 13.8 Å². The van der Waals surface area contributed by atoms with Gasteiger partial charge in [0.05, 0.1) is 10.9 Å². The first kappa shape index (κ1) is 22.9. The molecule has 7 heteroatoms. The van der Waals surface area contributed by atoms with Gasteiger partial charge in [-0.25, -0.2) is 8.42 Å². The van der Waals surface area contributed by atoms with E-state index < -0.39 is 10.0 Å². The first-order valence-corrected chi connectivity index (χ1v) is 12.5. The number of hydrogen-bond acceptors (Lipinski definition) is 4. The van der Waals surface area contributed by atoms with E-state index >= 15 is 0 Å². The van der Waals surface area contributed by atoms with Crippen LogP contribution in [0.4, 0.5) is 5.69 Å².